The number of carbonyl (C=O) groups is 1. The fourth-order valence-corrected chi connectivity index (χ4v) is 3.44. The van der Waals surface area contributed by atoms with Gasteiger partial charge in [-0.15, -0.1) is 0 Å². The van der Waals surface area contributed by atoms with Crippen LogP contribution < -0.4 is 14.8 Å². The summed E-state index contributed by atoms with van der Waals surface area (Å²) in [6, 6.07) is 13.2. The van der Waals surface area contributed by atoms with Crippen LogP contribution in [0.2, 0.25) is 0 Å². The second kappa shape index (κ2) is 8.02. The van der Waals surface area contributed by atoms with Crippen LogP contribution in [0.15, 0.2) is 42.5 Å². The summed E-state index contributed by atoms with van der Waals surface area (Å²) in [5.74, 6) is 1.28. The highest BCUT2D eigenvalue weighted by molar-refractivity contribution is 6.09. The molecule has 0 saturated heterocycles. The van der Waals surface area contributed by atoms with E-state index in [-0.39, 0.29) is 5.91 Å². The normalized spacial score (nSPS) is 11.1. The Hall–Kier alpha value is -3.61. The van der Waals surface area contributed by atoms with Crippen LogP contribution in [0, 0.1) is 6.92 Å². The lowest BCUT2D eigenvalue weighted by atomic mass is 10.1. The average Bonchev–Trinajstić information content (AvgIpc) is 3.08. The van der Waals surface area contributed by atoms with Gasteiger partial charge in [0.05, 0.1) is 25.1 Å². The molecule has 1 amide bonds. The highest BCUT2D eigenvalue weighted by Crippen LogP contribution is 2.28. The van der Waals surface area contributed by atoms with Crippen molar-refractivity contribution in [1.82, 2.24) is 14.8 Å². The lowest BCUT2D eigenvalue weighted by molar-refractivity contribution is 0.102. The molecule has 0 atom stereocenters. The number of nitrogens with zero attached hydrogens (tertiary/aromatic N) is 3. The maximum Gasteiger partial charge on any atom is 0.257 e. The Kier molecular flexibility index (Phi) is 5.27. The molecule has 0 aliphatic heterocycles. The number of ether oxygens (including phenoxy) is 2. The molecule has 0 radical (unpaired) electrons. The van der Waals surface area contributed by atoms with E-state index in [9.17, 15) is 4.79 Å². The van der Waals surface area contributed by atoms with Crippen molar-refractivity contribution in [2.24, 2.45) is 0 Å². The Morgan fingerprint density at radius 1 is 1.07 bits per heavy atom. The van der Waals surface area contributed by atoms with E-state index in [1.165, 1.54) is 0 Å². The van der Waals surface area contributed by atoms with Crippen molar-refractivity contribution in [1.29, 1.82) is 0 Å². The first-order valence-electron chi connectivity index (χ1n) is 9.84. The molecule has 0 aliphatic carbocycles. The summed E-state index contributed by atoms with van der Waals surface area (Å²) in [5.41, 5.74) is 3.24. The highest BCUT2D eigenvalue weighted by atomic mass is 16.5. The smallest absolute Gasteiger partial charge is 0.257 e. The first-order valence-corrected chi connectivity index (χ1v) is 9.84. The number of pyridine rings is 1. The maximum atomic E-state index is 13.0. The van der Waals surface area contributed by atoms with Gasteiger partial charge in [0.25, 0.3) is 5.91 Å². The van der Waals surface area contributed by atoms with Crippen LogP contribution in [-0.2, 0) is 6.54 Å². The van der Waals surface area contributed by atoms with Gasteiger partial charge in [0.2, 0.25) is 0 Å². The number of aryl methyl sites for hydroxylation is 2. The van der Waals surface area contributed by atoms with E-state index >= 15 is 0 Å². The monoisotopic (exact) mass is 404 g/mol. The van der Waals surface area contributed by atoms with Crippen LogP contribution in [0.3, 0.4) is 0 Å². The zero-order valence-electron chi connectivity index (χ0n) is 17.5. The molecule has 4 rings (SSSR count). The number of aromatic nitrogens is 3. The Balaban J connectivity index is 1.78. The predicted octanol–water partition coefficient (Wildman–Crippen LogP) is 4.57. The Morgan fingerprint density at radius 2 is 1.80 bits per heavy atom. The van der Waals surface area contributed by atoms with E-state index in [2.05, 4.69) is 23.4 Å². The lowest BCUT2D eigenvalue weighted by Crippen LogP contribution is -2.13. The van der Waals surface area contributed by atoms with Gasteiger partial charge in [-0.2, -0.15) is 5.10 Å². The van der Waals surface area contributed by atoms with Crippen molar-refractivity contribution in [3.63, 3.8) is 0 Å². The third-order valence-corrected chi connectivity index (χ3v) is 4.95. The number of carbonyl (C=O) groups excluding carboxylic acids is 1. The molecule has 7 heteroatoms. The molecule has 0 saturated carbocycles. The SMILES string of the molecule is CCCn1nc(NC(=O)c2cc(OC)cc(OC)c2)c2cc3ccc(C)cc3nc21. The molecule has 7 nitrogen and oxygen atoms in total. The zero-order chi connectivity index (χ0) is 21.3. The second-order valence-corrected chi connectivity index (χ2v) is 7.18. The molecule has 4 aromatic rings. The number of hydrogen-bond acceptors (Lipinski definition) is 5. The number of anilines is 1. The van der Waals surface area contributed by atoms with E-state index in [0.29, 0.717) is 29.4 Å². The van der Waals surface area contributed by atoms with Crippen LogP contribution in [0.1, 0.15) is 29.3 Å². The van der Waals surface area contributed by atoms with E-state index < -0.39 is 0 Å². The van der Waals surface area contributed by atoms with Crippen LogP contribution in [0.5, 0.6) is 11.5 Å². The first kappa shape index (κ1) is 19.7. The first-order chi connectivity index (χ1) is 14.5. The summed E-state index contributed by atoms with van der Waals surface area (Å²) >= 11 is 0. The van der Waals surface area contributed by atoms with Gasteiger partial charge in [-0.1, -0.05) is 19.1 Å². The van der Waals surface area contributed by atoms with Crippen LogP contribution in [0.25, 0.3) is 21.9 Å². The maximum absolute atomic E-state index is 13.0. The molecule has 0 spiro atoms. The largest absolute Gasteiger partial charge is 0.497 e. The second-order valence-electron chi connectivity index (χ2n) is 7.18. The summed E-state index contributed by atoms with van der Waals surface area (Å²) in [4.78, 5) is 17.8. The number of benzene rings is 2. The van der Waals surface area contributed by atoms with Crippen molar-refractivity contribution in [3.8, 4) is 11.5 Å². The van der Waals surface area contributed by atoms with Gasteiger partial charge in [0.15, 0.2) is 11.5 Å². The van der Waals surface area contributed by atoms with Crippen molar-refractivity contribution < 1.29 is 14.3 Å². The Bertz CT molecular complexity index is 1220. The quantitative estimate of drug-likeness (QED) is 0.509. The minimum absolute atomic E-state index is 0.292. The fraction of sp³-hybridized carbons (Fsp3) is 0.261. The molecule has 0 unspecified atom stereocenters. The predicted molar refractivity (Wildman–Crippen MR) is 118 cm³/mol. The summed E-state index contributed by atoms with van der Waals surface area (Å²) < 4.78 is 12.4. The fourth-order valence-electron chi connectivity index (χ4n) is 3.44. The van der Waals surface area contributed by atoms with Gasteiger partial charge in [-0.05, 0) is 43.2 Å². The topological polar surface area (TPSA) is 78.3 Å². The minimum atomic E-state index is -0.292. The summed E-state index contributed by atoms with van der Waals surface area (Å²) in [5, 5.41) is 9.38. The summed E-state index contributed by atoms with van der Waals surface area (Å²) in [6.45, 7) is 4.84. The number of methoxy groups -OCH3 is 2. The molecular formula is C23H24N4O3. The highest BCUT2D eigenvalue weighted by Gasteiger charge is 2.17. The summed E-state index contributed by atoms with van der Waals surface area (Å²) in [7, 11) is 3.10. The molecule has 0 aliphatic rings. The van der Waals surface area contributed by atoms with Gasteiger partial charge in [-0.3, -0.25) is 4.79 Å². The van der Waals surface area contributed by atoms with Gasteiger partial charge in [0.1, 0.15) is 11.5 Å². The van der Waals surface area contributed by atoms with Gasteiger partial charge in [0, 0.05) is 23.6 Å². The Morgan fingerprint density at radius 3 is 2.47 bits per heavy atom. The average molecular weight is 404 g/mol. The molecule has 0 fully saturated rings. The Labute approximate surface area is 174 Å². The van der Waals surface area contributed by atoms with Crippen molar-refractivity contribution in [2.45, 2.75) is 26.8 Å². The van der Waals surface area contributed by atoms with Crippen molar-refractivity contribution in [2.75, 3.05) is 19.5 Å². The minimum Gasteiger partial charge on any atom is -0.497 e. The van der Waals surface area contributed by atoms with Gasteiger partial charge < -0.3 is 14.8 Å². The molecular weight excluding hydrogens is 380 g/mol. The number of rotatable bonds is 6. The summed E-state index contributed by atoms with van der Waals surface area (Å²) in [6.07, 6.45) is 0.908. The number of amides is 1. The third kappa shape index (κ3) is 3.66. The molecule has 2 aromatic carbocycles. The van der Waals surface area contributed by atoms with Crippen LogP contribution >= 0.6 is 0 Å². The number of fused-ring (bicyclic) bond motifs is 2. The van der Waals surface area contributed by atoms with Crippen LogP contribution in [0.4, 0.5) is 5.82 Å². The van der Waals surface area contributed by atoms with Crippen LogP contribution in [-0.4, -0.2) is 34.9 Å². The van der Waals surface area contributed by atoms with E-state index in [1.54, 1.807) is 32.4 Å². The zero-order valence-corrected chi connectivity index (χ0v) is 17.5. The van der Waals surface area contributed by atoms with E-state index in [4.69, 9.17) is 14.5 Å². The molecule has 2 heterocycles. The number of hydrogen-bond donors (Lipinski definition) is 1. The molecule has 30 heavy (non-hydrogen) atoms. The van der Waals surface area contributed by atoms with Gasteiger partial charge in [-0.25, -0.2) is 9.67 Å². The molecule has 0 bridgehead atoms. The molecule has 1 N–H and O–H groups in total. The molecule has 2 aromatic heterocycles. The van der Waals surface area contributed by atoms with Crippen molar-refractivity contribution in [3.05, 3.63) is 53.6 Å². The van der Waals surface area contributed by atoms with Crippen molar-refractivity contribution >= 4 is 33.7 Å². The lowest BCUT2D eigenvalue weighted by Gasteiger charge is -2.08. The van der Waals surface area contributed by atoms with E-state index in [0.717, 1.165) is 33.9 Å². The molecule has 154 valence electrons. The number of nitrogens with one attached hydrogen (secondary N) is 1. The third-order valence-electron chi connectivity index (χ3n) is 4.95. The standard InChI is InChI=1S/C23H24N4O3/c1-5-8-27-22-19(12-15-7-6-14(2)9-20(15)24-22)21(26-27)25-23(28)16-10-17(29-3)13-18(11-16)30-4/h6-7,9-13H,5,8H2,1-4H3,(H,25,26,28). The van der Waals surface area contributed by atoms with Gasteiger partial charge >= 0.3 is 0 Å². The van der Waals surface area contributed by atoms with E-state index in [1.807, 2.05) is 29.8 Å².